The Morgan fingerprint density at radius 3 is 2.30 bits per heavy atom. The van der Waals surface area contributed by atoms with Crippen molar-refractivity contribution in [2.45, 2.75) is 44.6 Å². The quantitative estimate of drug-likeness (QED) is 0.915. The fourth-order valence-electron chi connectivity index (χ4n) is 3.04. The summed E-state index contributed by atoms with van der Waals surface area (Å²) in [6.45, 7) is 2.78. The number of carbonyl (C=O) groups excluding carboxylic acids is 1. The Bertz CT molecular complexity index is 445. The third-order valence-corrected chi connectivity index (χ3v) is 4.62. The zero-order valence-corrected chi connectivity index (χ0v) is 12.9. The number of hydrogen-bond donors (Lipinski definition) is 1. The second-order valence-electron chi connectivity index (χ2n) is 6.23. The summed E-state index contributed by atoms with van der Waals surface area (Å²) in [5, 5.41) is 3.13. The highest BCUT2D eigenvalue weighted by Gasteiger charge is 2.34. The van der Waals surface area contributed by atoms with Crippen LogP contribution in [0.5, 0.6) is 0 Å². The molecule has 1 aliphatic rings. The summed E-state index contributed by atoms with van der Waals surface area (Å²) >= 11 is 0. The second kappa shape index (κ2) is 6.40. The van der Waals surface area contributed by atoms with Crippen molar-refractivity contribution >= 4 is 5.91 Å². The maximum absolute atomic E-state index is 12.2. The van der Waals surface area contributed by atoms with Crippen LogP contribution in [0.25, 0.3) is 0 Å². The standard InChI is InChI=1S/C17H26N2O/c1-14-7-9-15(10-8-14)16(20)18-13-17(19(2)3)11-5-4-6-12-17/h7-10H,4-6,11-13H2,1-3H3,(H,18,20). The van der Waals surface area contributed by atoms with Crippen LogP contribution in [0.15, 0.2) is 24.3 Å². The summed E-state index contributed by atoms with van der Waals surface area (Å²) in [7, 11) is 4.26. The highest BCUT2D eigenvalue weighted by Crippen LogP contribution is 2.31. The minimum Gasteiger partial charge on any atom is -0.350 e. The minimum absolute atomic E-state index is 0.0387. The van der Waals surface area contributed by atoms with Crippen LogP contribution in [0.1, 0.15) is 48.0 Å². The van der Waals surface area contributed by atoms with Crippen LogP contribution in [-0.2, 0) is 0 Å². The molecule has 1 aliphatic carbocycles. The van der Waals surface area contributed by atoms with Crippen molar-refractivity contribution in [3.05, 3.63) is 35.4 Å². The van der Waals surface area contributed by atoms with Crippen molar-refractivity contribution < 1.29 is 4.79 Å². The van der Waals surface area contributed by atoms with E-state index in [4.69, 9.17) is 0 Å². The molecule has 0 spiro atoms. The van der Waals surface area contributed by atoms with Crippen LogP contribution in [0.3, 0.4) is 0 Å². The van der Waals surface area contributed by atoms with Crippen LogP contribution in [0.2, 0.25) is 0 Å². The van der Waals surface area contributed by atoms with Gasteiger partial charge in [-0.1, -0.05) is 37.0 Å². The molecule has 0 atom stereocenters. The number of rotatable bonds is 4. The number of nitrogens with zero attached hydrogens (tertiary/aromatic N) is 1. The van der Waals surface area contributed by atoms with E-state index < -0.39 is 0 Å². The lowest BCUT2D eigenvalue weighted by atomic mass is 9.80. The number of likely N-dealkylation sites (N-methyl/N-ethyl adjacent to an activating group) is 1. The molecule has 1 aromatic rings. The third kappa shape index (κ3) is 3.40. The van der Waals surface area contributed by atoms with Gasteiger partial charge < -0.3 is 10.2 Å². The van der Waals surface area contributed by atoms with E-state index >= 15 is 0 Å². The van der Waals surface area contributed by atoms with Gasteiger partial charge in [0.05, 0.1) is 0 Å². The predicted octanol–water partition coefficient (Wildman–Crippen LogP) is 2.99. The lowest BCUT2D eigenvalue weighted by molar-refractivity contribution is 0.0799. The highest BCUT2D eigenvalue weighted by molar-refractivity contribution is 5.94. The van der Waals surface area contributed by atoms with Gasteiger partial charge in [0, 0.05) is 17.6 Å². The molecule has 1 aromatic carbocycles. The molecule has 20 heavy (non-hydrogen) atoms. The molecular formula is C17H26N2O. The Kier molecular flexibility index (Phi) is 4.81. The molecule has 1 fully saturated rings. The highest BCUT2D eigenvalue weighted by atomic mass is 16.1. The van der Waals surface area contributed by atoms with Crippen molar-refractivity contribution in [3.8, 4) is 0 Å². The molecule has 0 aliphatic heterocycles. The topological polar surface area (TPSA) is 32.3 Å². The summed E-state index contributed by atoms with van der Waals surface area (Å²) in [6.07, 6.45) is 6.20. The molecule has 3 nitrogen and oxygen atoms in total. The van der Waals surface area contributed by atoms with Gasteiger partial charge in [0.2, 0.25) is 0 Å². The maximum Gasteiger partial charge on any atom is 0.251 e. The average molecular weight is 274 g/mol. The van der Waals surface area contributed by atoms with Crippen molar-refractivity contribution in [2.75, 3.05) is 20.6 Å². The smallest absolute Gasteiger partial charge is 0.251 e. The van der Waals surface area contributed by atoms with Crippen molar-refractivity contribution in [2.24, 2.45) is 0 Å². The van der Waals surface area contributed by atoms with Crippen LogP contribution in [-0.4, -0.2) is 37.0 Å². The second-order valence-corrected chi connectivity index (χ2v) is 6.23. The van der Waals surface area contributed by atoms with E-state index in [1.807, 2.05) is 31.2 Å². The van der Waals surface area contributed by atoms with E-state index in [2.05, 4.69) is 24.3 Å². The van der Waals surface area contributed by atoms with E-state index in [0.29, 0.717) is 0 Å². The van der Waals surface area contributed by atoms with Gasteiger partial charge >= 0.3 is 0 Å². The van der Waals surface area contributed by atoms with Gasteiger partial charge in [-0.05, 0) is 46.0 Å². The molecular weight excluding hydrogens is 248 g/mol. The fourth-order valence-corrected chi connectivity index (χ4v) is 3.04. The van der Waals surface area contributed by atoms with Gasteiger partial charge in [0.15, 0.2) is 0 Å². The summed E-state index contributed by atoms with van der Waals surface area (Å²) < 4.78 is 0. The lowest BCUT2D eigenvalue weighted by Gasteiger charge is -2.43. The number of carbonyl (C=O) groups is 1. The summed E-state index contributed by atoms with van der Waals surface area (Å²) in [6, 6.07) is 7.76. The van der Waals surface area contributed by atoms with Gasteiger partial charge in [-0.15, -0.1) is 0 Å². The lowest BCUT2D eigenvalue weighted by Crippen LogP contribution is -2.53. The number of benzene rings is 1. The molecule has 110 valence electrons. The van der Waals surface area contributed by atoms with E-state index in [0.717, 1.165) is 12.1 Å². The first-order valence-electron chi connectivity index (χ1n) is 7.56. The Balaban J connectivity index is 1.98. The van der Waals surface area contributed by atoms with Crippen LogP contribution >= 0.6 is 0 Å². The number of hydrogen-bond acceptors (Lipinski definition) is 2. The molecule has 0 heterocycles. The SMILES string of the molecule is Cc1ccc(C(=O)NCC2(N(C)C)CCCCC2)cc1. The monoisotopic (exact) mass is 274 g/mol. The number of amides is 1. The number of nitrogens with one attached hydrogen (secondary N) is 1. The minimum atomic E-state index is 0.0387. The Morgan fingerprint density at radius 1 is 1.15 bits per heavy atom. The molecule has 0 unspecified atom stereocenters. The Labute approximate surface area is 122 Å². The van der Waals surface area contributed by atoms with Crippen LogP contribution in [0, 0.1) is 6.92 Å². The van der Waals surface area contributed by atoms with E-state index in [1.54, 1.807) is 0 Å². The largest absolute Gasteiger partial charge is 0.350 e. The van der Waals surface area contributed by atoms with Gasteiger partial charge in [0.1, 0.15) is 0 Å². The fraction of sp³-hybridized carbons (Fsp3) is 0.588. The molecule has 0 bridgehead atoms. The first kappa shape index (κ1) is 15.0. The van der Waals surface area contributed by atoms with Gasteiger partial charge in [-0.2, -0.15) is 0 Å². The Morgan fingerprint density at radius 2 is 1.75 bits per heavy atom. The van der Waals surface area contributed by atoms with E-state index in [-0.39, 0.29) is 11.4 Å². The summed E-state index contributed by atoms with van der Waals surface area (Å²) in [4.78, 5) is 14.5. The van der Waals surface area contributed by atoms with Crippen molar-refractivity contribution in [1.82, 2.24) is 10.2 Å². The molecule has 0 radical (unpaired) electrons. The first-order chi connectivity index (χ1) is 9.53. The normalized spacial score (nSPS) is 18.0. The maximum atomic E-state index is 12.2. The van der Waals surface area contributed by atoms with Gasteiger partial charge in [-0.3, -0.25) is 4.79 Å². The third-order valence-electron chi connectivity index (χ3n) is 4.62. The predicted molar refractivity (Wildman–Crippen MR) is 83.0 cm³/mol. The average Bonchev–Trinajstić information content (AvgIpc) is 2.46. The molecule has 2 rings (SSSR count). The first-order valence-corrected chi connectivity index (χ1v) is 7.56. The Hall–Kier alpha value is -1.35. The zero-order valence-electron chi connectivity index (χ0n) is 12.9. The van der Waals surface area contributed by atoms with Gasteiger partial charge in [0.25, 0.3) is 5.91 Å². The van der Waals surface area contributed by atoms with Crippen LogP contribution < -0.4 is 5.32 Å². The van der Waals surface area contributed by atoms with E-state index in [1.165, 1.54) is 37.7 Å². The zero-order chi connectivity index (χ0) is 14.6. The van der Waals surface area contributed by atoms with Crippen molar-refractivity contribution in [1.29, 1.82) is 0 Å². The van der Waals surface area contributed by atoms with E-state index in [9.17, 15) is 4.79 Å². The summed E-state index contributed by atoms with van der Waals surface area (Å²) in [5.74, 6) is 0.0387. The van der Waals surface area contributed by atoms with Crippen molar-refractivity contribution in [3.63, 3.8) is 0 Å². The van der Waals surface area contributed by atoms with Crippen LogP contribution in [0.4, 0.5) is 0 Å². The van der Waals surface area contributed by atoms with Gasteiger partial charge in [-0.25, -0.2) is 0 Å². The molecule has 1 saturated carbocycles. The molecule has 3 heteroatoms. The number of aryl methyl sites for hydroxylation is 1. The molecule has 0 aromatic heterocycles. The molecule has 1 amide bonds. The molecule has 1 N–H and O–H groups in total. The summed E-state index contributed by atoms with van der Waals surface area (Å²) in [5.41, 5.74) is 2.07. The molecule has 0 saturated heterocycles.